The van der Waals surface area contributed by atoms with Crippen LogP contribution in [0.3, 0.4) is 0 Å². The first-order valence-corrected chi connectivity index (χ1v) is 7.47. The Morgan fingerprint density at radius 2 is 1.64 bits per heavy atom. The highest BCUT2D eigenvalue weighted by molar-refractivity contribution is 7.80. The smallest absolute Gasteiger partial charge is 0.269 e. The lowest BCUT2D eigenvalue weighted by Crippen LogP contribution is -2.19. The molecule has 0 spiro atoms. The van der Waals surface area contributed by atoms with Crippen molar-refractivity contribution in [2.45, 2.75) is 19.3 Å². The van der Waals surface area contributed by atoms with E-state index in [1.807, 2.05) is 6.07 Å². The van der Waals surface area contributed by atoms with E-state index in [1.54, 1.807) is 12.1 Å². The van der Waals surface area contributed by atoms with E-state index in [0.29, 0.717) is 10.8 Å². The Morgan fingerprint density at radius 1 is 1.00 bits per heavy atom. The van der Waals surface area contributed by atoms with Crippen LogP contribution in [0.15, 0.2) is 42.5 Å². The second-order valence-electron chi connectivity index (χ2n) is 5.22. The molecule has 0 aromatic heterocycles. The van der Waals surface area contributed by atoms with Crippen LogP contribution in [-0.4, -0.2) is 10.0 Å². The Bertz CT molecular complexity index is 729. The van der Waals surface area contributed by atoms with Gasteiger partial charge in [-0.15, -0.1) is 0 Å². The zero-order valence-corrected chi connectivity index (χ0v) is 12.7. The lowest BCUT2D eigenvalue weighted by Gasteiger charge is -2.11. The van der Waals surface area contributed by atoms with E-state index in [4.69, 9.17) is 12.2 Å². The van der Waals surface area contributed by atoms with Crippen molar-refractivity contribution >= 4 is 34.4 Å². The molecule has 0 unspecified atom stereocenters. The Labute approximate surface area is 133 Å². The van der Waals surface area contributed by atoms with Gasteiger partial charge in [0.1, 0.15) is 0 Å². The summed E-state index contributed by atoms with van der Waals surface area (Å²) in [6.07, 6.45) is 3.48. The minimum absolute atomic E-state index is 0.0584. The zero-order valence-electron chi connectivity index (χ0n) is 11.8. The molecule has 3 rings (SSSR count). The van der Waals surface area contributed by atoms with Gasteiger partial charge in [-0.2, -0.15) is 0 Å². The van der Waals surface area contributed by atoms with Gasteiger partial charge in [0.25, 0.3) is 5.69 Å². The highest BCUT2D eigenvalue weighted by Crippen LogP contribution is 2.25. The Balaban J connectivity index is 1.63. The molecule has 0 aliphatic heterocycles. The van der Waals surface area contributed by atoms with E-state index in [9.17, 15) is 10.1 Å². The van der Waals surface area contributed by atoms with Crippen LogP contribution in [0.1, 0.15) is 17.5 Å². The minimum Gasteiger partial charge on any atom is -0.332 e. The van der Waals surface area contributed by atoms with Crippen molar-refractivity contribution in [2.75, 3.05) is 10.6 Å². The maximum absolute atomic E-state index is 10.6. The Morgan fingerprint density at radius 3 is 2.36 bits per heavy atom. The van der Waals surface area contributed by atoms with Gasteiger partial charge in [-0.05, 0) is 66.9 Å². The van der Waals surface area contributed by atoms with Crippen LogP contribution in [0.25, 0.3) is 0 Å². The molecule has 5 nitrogen and oxygen atoms in total. The predicted molar refractivity (Wildman–Crippen MR) is 91.4 cm³/mol. The molecule has 0 amide bonds. The molecule has 0 saturated carbocycles. The van der Waals surface area contributed by atoms with Crippen molar-refractivity contribution in [1.29, 1.82) is 0 Å². The summed E-state index contributed by atoms with van der Waals surface area (Å²) in [6.45, 7) is 0. The first kappa shape index (κ1) is 14.5. The molecule has 112 valence electrons. The molecule has 2 aromatic carbocycles. The number of aryl methyl sites for hydroxylation is 2. The minimum atomic E-state index is -0.426. The van der Waals surface area contributed by atoms with Crippen molar-refractivity contribution in [3.63, 3.8) is 0 Å². The number of nitrogens with zero attached hydrogens (tertiary/aromatic N) is 1. The number of nitro groups is 1. The van der Waals surface area contributed by atoms with Gasteiger partial charge in [0.15, 0.2) is 5.11 Å². The van der Waals surface area contributed by atoms with Crippen LogP contribution >= 0.6 is 12.2 Å². The number of nitro benzene ring substituents is 1. The molecular weight excluding hydrogens is 298 g/mol. The number of fused-ring (bicyclic) bond motifs is 1. The van der Waals surface area contributed by atoms with Gasteiger partial charge in [-0.25, -0.2) is 0 Å². The topological polar surface area (TPSA) is 67.2 Å². The third kappa shape index (κ3) is 3.23. The molecule has 22 heavy (non-hydrogen) atoms. The number of rotatable bonds is 3. The van der Waals surface area contributed by atoms with Gasteiger partial charge in [0, 0.05) is 23.5 Å². The fourth-order valence-electron chi connectivity index (χ4n) is 2.61. The van der Waals surface area contributed by atoms with Gasteiger partial charge >= 0.3 is 0 Å². The second kappa shape index (κ2) is 6.11. The summed E-state index contributed by atoms with van der Waals surface area (Å²) in [5.41, 5.74) is 4.52. The lowest BCUT2D eigenvalue weighted by atomic mass is 10.1. The van der Waals surface area contributed by atoms with Gasteiger partial charge in [0.05, 0.1) is 4.92 Å². The first-order valence-electron chi connectivity index (χ1n) is 7.06. The maximum Gasteiger partial charge on any atom is 0.269 e. The predicted octanol–water partition coefficient (Wildman–Crippen LogP) is 3.89. The van der Waals surface area contributed by atoms with Crippen LogP contribution < -0.4 is 10.6 Å². The average Bonchev–Trinajstić information content (AvgIpc) is 2.95. The van der Waals surface area contributed by atoms with Gasteiger partial charge < -0.3 is 10.6 Å². The molecule has 2 N–H and O–H groups in total. The summed E-state index contributed by atoms with van der Waals surface area (Å²) in [5, 5.41) is 17.2. The summed E-state index contributed by atoms with van der Waals surface area (Å²) in [7, 11) is 0. The van der Waals surface area contributed by atoms with Gasteiger partial charge in [-0.1, -0.05) is 6.07 Å². The summed E-state index contributed by atoms with van der Waals surface area (Å²) in [6, 6.07) is 12.4. The van der Waals surface area contributed by atoms with Crippen molar-refractivity contribution in [3.8, 4) is 0 Å². The molecule has 2 aromatic rings. The quantitative estimate of drug-likeness (QED) is 0.511. The Hall–Kier alpha value is -2.47. The third-order valence-corrected chi connectivity index (χ3v) is 3.90. The van der Waals surface area contributed by atoms with Crippen LogP contribution in [-0.2, 0) is 12.8 Å². The Kier molecular flexibility index (Phi) is 4.02. The highest BCUT2D eigenvalue weighted by Gasteiger charge is 2.11. The number of nitrogens with one attached hydrogen (secondary N) is 2. The molecular formula is C16H15N3O2S. The molecule has 1 aliphatic carbocycles. The molecule has 0 heterocycles. The fourth-order valence-corrected chi connectivity index (χ4v) is 2.85. The van der Waals surface area contributed by atoms with E-state index < -0.39 is 4.92 Å². The van der Waals surface area contributed by atoms with E-state index >= 15 is 0 Å². The molecule has 1 aliphatic rings. The molecule has 0 radical (unpaired) electrons. The fraction of sp³-hybridized carbons (Fsp3) is 0.188. The molecule has 0 saturated heterocycles. The van der Waals surface area contributed by atoms with Crippen molar-refractivity contribution < 1.29 is 4.92 Å². The summed E-state index contributed by atoms with van der Waals surface area (Å²) >= 11 is 5.27. The molecule has 0 atom stereocenters. The average molecular weight is 313 g/mol. The van der Waals surface area contributed by atoms with Gasteiger partial charge in [0.2, 0.25) is 0 Å². The number of thiocarbonyl (C=S) groups is 1. The van der Waals surface area contributed by atoms with Crippen LogP contribution in [0, 0.1) is 10.1 Å². The molecule has 0 bridgehead atoms. The summed E-state index contributed by atoms with van der Waals surface area (Å²) < 4.78 is 0. The van der Waals surface area contributed by atoms with Crippen molar-refractivity contribution in [1.82, 2.24) is 0 Å². The second-order valence-corrected chi connectivity index (χ2v) is 5.63. The molecule has 6 heteroatoms. The third-order valence-electron chi connectivity index (χ3n) is 3.69. The van der Waals surface area contributed by atoms with E-state index in [0.717, 1.165) is 18.5 Å². The van der Waals surface area contributed by atoms with Crippen LogP contribution in [0.5, 0.6) is 0 Å². The van der Waals surface area contributed by atoms with Crippen molar-refractivity contribution in [2.24, 2.45) is 0 Å². The monoisotopic (exact) mass is 313 g/mol. The van der Waals surface area contributed by atoms with Crippen molar-refractivity contribution in [3.05, 3.63) is 63.7 Å². The lowest BCUT2D eigenvalue weighted by molar-refractivity contribution is -0.384. The molecule has 0 fully saturated rings. The summed E-state index contributed by atoms with van der Waals surface area (Å²) in [4.78, 5) is 10.2. The maximum atomic E-state index is 10.6. The number of non-ortho nitro benzene ring substituents is 1. The number of benzene rings is 2. The summed E-state index contributed by atoms with van der Waals surface area (Å²) in [5.74, 6) is 0. The largest absolute Gasteiger partial charge is 0.332 e. The van der Waals surface area contributed by atoms with E-state index in [1.165, 1.54) is 29.7 Å². The van der Waals surface area contributed by atoms with E-state index in [2.05, 4.69) is 22.8 Å². The SMILES string of the molecule is O=[N+]([O-])c1ccc(NC(=S)Nc2ccc3c(c2)CCC3)cc1. The number of hydrogen-bond donors (Lipinski definition) is 2. The van der Waals surface area contributed by atoms with Gasteiger partial charge in [-0.3, -0.25) is 10.1 Å². The number of hydrogen-bond acceptors (Lipinski definition) is 3. The standard InChI is InChI=1S/C16H15N3O2S/c20-19(21)15-8-6-13(7-9-15)17-16(22)18-14-5-4-11-2-1-3-12(11)10-14/h4-10H,1-3H2,(H2,17,18,22). The zero-order chi connectivity index (χ0) is 15.5. The first-order chi connectivity index (χ1) is 10.6. The van der Waals surface area contributed by atoms with Crippen LogP contribution in [0.2, 0.25) is 0 Å². The van der Waals surface area contributed by atoms with E-state index in [-0.39, 0.29) is 5.69 Å². The normalized spacial score (nSPS) is 12.5. The number of anilines is 2. The van der Waals surface area contributed by atoms with Crippen LogP contribution in [0.4, 0.5) is 17.1 Å². The highest BCUT2D eigenvalue weighted by atomic mass is 32.1.